The number of nitrogens with one attached hydrogen (secondary N) is 1. The lowest BCUT2D eigenvalue weighted by Crippen LogP contribution is -2.50. The number of rotatable bonds is 8. The minimum atomic E-state index is -0.609. The highest BCUT2D eigenvalue weighted by Crippen LogP contribution is 2.40. The highest BCUT2D eigenvalue weighted by Gasteiger charge is 2.41. The lowest BCUT2D eigenvalue weighted by atomic mass is 9.71. The quantitative estimate of drug-likeness (QED) is 0.655. The minimum absolute atomic E-state index is 0.0789. The second kappa shape index (κ2) is 9.53. The van der Waals surface area contributed by atoms with Gasteiger partial charge >= 0.3 is 0 Å². The van der Waals surface area contributed by atoms with Gasteiger partial charge in [0.15, 0.2) is 0 Å². The van der Waals surface area contributed by atoms with Gasteiger partial charge in [-0.25, -0.2) is 4.68 Å². The molecule has 2 aromatic heterocycles. The topological polar surface area (TPSA) is 83.6 Å². The third kappa shape index (κ3) is 4.87. The van der Waals surface area contributed by atoms with Crippen LogP contribution < -0.4 is 5.32 Å². The molecule has 0 saturated heterocycles. The van der Waals surface area contributed by atoms with Crippen LogP contribution >= 0.6 is 11.3 Å². The maximum Gasteiger partial charge on any atom is 0.252 e. The maximum atomic E-state index is 12.9. The number of unbranched alkanes of at least 4 members (excludes halogenated alkanes) is 1. The molecule has 7 heteroatoms. The van der Waals surface area contributed by atoms with Crippen molar-refractivity contribution in [3.8, 4) is 6.07 Å². The largest absolute Gasteiger partial charge is 0.341 e. The summed E-state index contributed by atoms with van der Waals surface area (Å²) in [4.78, 5) is 12.9. The molecule has 0 spiro atoms. The van der Waals surface area contributed by atoms with Crippen LogP contribution in [0.2, 0.25) is 0 Å². The van der Waals surface area contributed by atoms with Crippen molar-refractivity contribution in [2.75, 3.05) is 0 Å². The van der Waals surface area contributed by atoms with Gasteiger partial charge in [0, 0.05) is 5.38 Å². The molecular formula is C22H31N5OS. The van der Waals surface area contributed by atoms with Gasteiger partial charge in [-0.1, -0.05) is 44.7 Å². The van der Waals surface area contributed by atoms with Crippen molar-refractivity contribution in [3.05, 3.63) is 34.3 Å². The number of aromatic nitrogens is 3. The average molecular weight is 414 g/mol. The van der Waals surface area contributed by atoms with E-state index in [1.165, 1.54) is 11.3 Å². The Balaban J connectivity index is 1.88. The molecule has 0 radical (unpaired) electrons. The molecule has 1 aliphatic rings. The van der Waals surface area contributed by atoms with Crippen LogP contribution in [0.15, 0.2) is 23.0 Å². The van der Waals surface area contributed by atoms with E-state index in [2.05, 4.69) is 42.5 Å². The molecule has 6 nitrogen and oxygen atoms in total. The summed E-state index contributed by atoms with van der Waals surface area (Å²) >= 11 is 1.52. The van der Waals surface area contributed by atoms with Crippen molar-refractivity contribution in [1.82, 2.24) is 20.3 Å². The number of carbonyl (C=O) groups is 1. The Labute approximate surface area is 177 Å². The van der Waals surface area contributed by atoms with E-state index in [9.17, 15) is 10.1 Å². The molecule has 2 unspecified atom stereocenters. The number of nitrogens with zero attached hydrogens (tertiary/aromatic N) is 4. The van der Waals surface area contributed by atoms with Gasteiger partial charge in [0.25, 0.3) is 5.91 Å². The maximum absolute atomic E-state index is 12.9. The van der Waals surface area contributed by atoms with Crippen molar-refractivity contribution in [2.24, 2.45) is 11.8 Å². The van der Waals surface area contributed by atoms with Crippen molar-refractivity contribution >= 4 is 17.2 Å². The first-order valence-electron chi connectivity index (χ1n) is 10.6. The molecule has 1 N–H and O–H groups in total. The Bertz CT molecular complexity index is 832. The van der Waals surface area contributed by atoms with E-state index in [0.29, 0.717) is 11.5 Å². The van der Waals surface area contributed by atoms with Crippen molar-refractivity contribution < 1.29 is 4.79 Å². The van der Waals surface area contributed by atoms with Gasteiger partial charge in [-0.05, 0) is 49.5 Å². The van der Waals surface area contributed by atoms with Gasteiger partial charge in [0.2, 0.25) is 0 Å². The first kappa shape index (κ1) is 21.5. The van der Waals surface area contributed by atoms with E-state index < -0.39 is 5.54 Å². The first-order chi connectivity index (χ1) is 14.0. The Morgan fingerprint density at radius 2 is 2.21 bits per heavy atom. The van der Waals surface area contributed by atoms with Gasteiger partial charge in [-0.15, -0.1) is 5.10 Å². The Morgan fingerprint density at radius 3 is 2.83 bits per heavy atom. The molecule has 0 aromatic carbocycles. The van der Waals surface area contributed by atoms with Crippen molar-refractivity contribution in [1.29, 1.82) is 5.26 Å². The summed E-state index contributed by atoms with van der Waals surface area (Å²) in [6, 6.07) is 3.86. The normalized spacial score (nSPS) is 22.4. The number of hydrogen-bond donors (Lipinski definition) is 1. The fraction of sp³-hybridized carbons (Fsp3) is 0.636. The number of thiophene rings is 1. The molecule has 2 atom stereocenters. The minimum Gasteiger partial charge on any atom is -0.341 e. The molecule has 3 rings (SSSR count). The zero-order valence-corrected chi connectivity index (χ0v) is 18.4. The summed E-state index contributed by atoms with van der Waals surface area (Å²) in [7, 11) is 0. The van der Waals surface area contributed by atoms with Crippen molar-refractivity contribution in [2.45, 2.75) is 77.3 Å². The highest BCUT2D eigenvalue weighted by molar-refractivity contribution is 7.08. The number of hydrogen-bond acceptors (Lipinski definition) is 5. The van der Waals surface area contributed by atoms with Gasteiger partial charge in [-0.2, -0.15) is 16.6 Å². The van der Waals surface area contributed by atoms with Crippen LogP contribution in [0.4, 0.5) is 0 Å². The Hall–Kier alpha value is -2.20. The fourth-order valence-corrected chi connectivity index (χ4v) is 4.87. The SMILES string of the molecule is CCCCC(C#N)n1cc(C(C)(NC(=O)c2ccsc2)C2CCC(C)CC2)nn1. The first-order valence-corrected chi connectivity index (χ1v) is 11.6. The Morgan fingerprint density at radius 1 is 1.45 bits per heavy atom. The summed E-state index contributed by atoms with van der Waals surface area (Å²) in [5, 5.41) is 25.3. The summed E-state index contributed by atoms with van der Waals surface area (Å²) in [5.74, 6) is 0.933. The van der Waals surface area contributed by atoms with E-state index in [0.717, 1.165) is 56.6 Å². The van der Waals surface area contributed by atoms with Crippen LogP contribution in [0.5, 0.6) is 0 Å². The second-order valence-electron chi connectivity index (χ2n) is 8.50. The molecule has 1 aliphatic carbocycles. The molecule has 0 bridgehead atoms. The van der Waals surface area contributed by atoms with E-state index >= 15 is 0 Å². The van der Waals surface area contributed by atoms with Crippen molar-refractivity contribution in [3.63, 3.8) is 0 Å². The molecular weight excluding hydrogens is 382 g/mol. The number of carbonyl (C=O) groups excluding carboxylic acids is 1. The van der Waals surface area contributed by atoms with Gasteiger partial charge in [-0.3, -0.25) is 4.79 Å². The molecule has 1 fully saturated rings. The van der Waals surface area contributed by atoms with E-state index in [1.807, 2.05) is 23.0 Å². The molecule has 1 amide bonds. The molecule has 1 saturated carbocycles. The smallest absolute Gasteiger partial charge is 0.252 e. The van der Waals surface area contributed by atoms with Crippen LogP contribution in [0.3, 0.4) is 0 Å². The highest BCUT2D eigenvalue weighted by atomic mass is 32.1. The van der Waals surface area contributed by atoms with E-state index in [1.54, 1.807) is 4.68 Å². The molecule has 2 heterocycles. The number of amides is 1. The van der Waals surface area contributed by atoms with Crippen LogP contribution in [-0.2, 0) is 5.54 Å². The molecule has 2 aromatic rings. The molecule has 29 heavy (non-hydrogen) atoms. The van der Waals surface area contributed by atoms with Gasteiger partial charge < -0.3 is 5.32 Å². The predicted molar refractivity (Wildman–Crippen MR) is 114 cm³/mol. The van der Waals surface area contributed by atoms with E-state index in [4.69, 9.17) is 0 Å². The fourth-order valence-electron chi connectivity index (χ4n) is 4.23. The molecule has 0 aliphatic heterocycles. The second-order valence-corrected chi connectivity index (χ2v) is 9.28. The summed E-state index contributed by atoms with van der Waals surface area (Å²) in [6.07, 6.45) is 9.04. The third-order valence-electron chi connectivity index (χ3n) is 6.33. The van der Waals surface area contributed by atoms with E-state index in [-0.39, 0.29) is 11.9 Å². The lowest BCUT2D eigenvalue weighted by Gasteiger charge is -2.40. The molecule has 156 valence electrons. The summed E-state index contributed by atoms with van der Waals surface area (Å²) < 4.78 is 1.67. The monoisotopic (exact) mass is 413 g/mol. The predicted octanol–water partition coefficient (Wildman–Crippen LogP) is 5.07. The summed E-state index contributed by atoms with van der Waals surface area (Å²) in [6.45, 7) is 6.47. The zero-order chi connectivity index (χ0) is 20.9. The van der Waals surface area contributed by atoms with Gasteiger partial charge in [0.1, 0.15) is 11.7 Å². The average Bonchev–Trinajstić information content (AvgIpc) is 3.42. The summed E-state index contributed by atoms with van der Waals surface area (Å²) in [5.41, 5.74) is 0.815. The number of nitriles is 1. The van der Waals surface area contributed by atoms with Crippen LogP contribution in [0, 0.1) is 23.2 Å². The lowest BCUT2D eigenvalue weighted by molar-refractivity contribution is 0.0813. The third-order valence-corrected chi connectivity index (χ3v) is 7.01. The van der Waals surface area contributed by atoms with Crippen LogP contribution in [-0.4, -0.2) is 20.9 Å². The van der Waals surface area contributed by atoms with Crippen LogP contribution in [0.25, 0.3) is 0 Å². The Kier molecular flexibility index (Phi) is 7.07. The zero-order valence-electron chi connectivity index (χ0n) is 17.6. The standard InChI is InChI=1S/C22H31N5OS/c1-4-5-6-19(13-23)27-14-20(25-26-27)22(3,18-9-7-16(2)8-10-18)24-21(28)17-11-12-29-15-17/h11-12,14-16,18-19H,4-10H2,1-3H3,(H,24,28). The van der Waals surface area contributed by atoms with Crippen LogP contribution in [0.1, 0.15) is 87.8 Å². The van der Waals surface area contributed by atoms with Gasteiger partial charge in [0.05, 0.1) is 23.4 Å².